The number of morpholine rings is 1. The van der Waals surface area contributed by atoms with Crippen molar-refractivity contribution in [3.8, 4) is 0 Å². The Morgan fingerprint density at radius 3 is 2.38 bits per heavy atom. The summed E-state index contributed by atoms with van der Waals surface area (Å²) in [5, 5.41) is 0. The molecule has 0 saturated carbocycles. The molecule has 5 nitrogen and oxygen atoms in total. The molecule has 2 aliphatic rings. The fourth-order valence-corrected chi connectivity index (χ4v) is 5.34. The van der Waals surface area contributed by atoms with Crippen molar-refractivity contribution in [1.82, 2.24) is 14.7 Å². The molecule has 1 spiro atoms. The van der Waals surface area contributed by atoms with Crippen LogP contribution >= 0.6 is 0 Å². The molecule has 2 aliphatic heterocycles. The average Bonchev–Trinajstić information content (AvgIpc) is 2.74. The van der Waals surface area contributed by atoms with E-state index in [4.69, 9.17) is 4.74 Å². The number of hydrogen-bond donors (Lipinski definition) is 0. The Bertz CT molecular complexity index is 902. The van der Waals surface area contributed by atoms with E-state index in [2.05, 4.69) is 61.0 Å². The molecule has 0 unspecified atom stereocenters. The predicted molar refractivity (Wildman–Crippen MR) is 128 cm³/mol. The van der Waals surface area contributed by atoms with Crippen LogP contribution in [0.1, 0.15) is 35.1 Å². The highest BCUT2D eigenvalue weighted by Gasteiger charge is 2.44. The van der Waals surface area contributed by atoms with Crippen molar-refractivity contribution >= 4 is 5.91 Å². The van der Waals surface area contributed by atoms with Gasteiger partial charge in [0.2, 0.25) is 0 Å². The van der Waals surface area contributed by atoms with Gasteiger partial charge >= 0.3 is 0 Å². The maximum absolute atomic E-state index is 13.2. The molecule has 2 heterocycles. The van der Waals surface area contributed by atoms with Crippen molar-refractivity contribution in [2.24, 2.45) is 0 Å². The molecule has 0 aromatic heterocycles. The molecule has 1 amide bonds. The lowest BCUT2D eigenvalue weighted by molar-refractivity contribution is -0.188. The summed E-state index contributed by atoms with van der Waals surface area (Å²) in [4.78, 5) is 19.8. The number of carbonyl (C=O) groups excluding carboxylic acids is 1. The van der Waals surface area contributed by atoms with Crippen LogP contribution in [0, 0.1) is 13.8 Å². The summed E-state index contributed by atoms with van der Waals surface area (Å²) in [6.07, 6.45) is 1.54. The minimum Gasteiger partial charge on any atom is -0.359 e. The van der Waals surface area contributed by atoms with Crippen LogP contribution in [-0.4, -0.2) is 72.6 Å². The normalized spacial score (nSPS) is 21.6. The molecular formula is C27H37N3O2. The molecule has 0 N–H and O–H groups in total. The molecule has 4 rings (SSSR count). The Balaban J connectivity index is 1.36. The van der Waals surface area contributed by atoms with Crippen LogP contribution in [0.4, 0.5) is 0 Å². The summed E-state index contributed by atoms with van der Waals surface area (Å²) in [5.41, 5.74) is 4.95. The number of piperidine rings is 1. The van der Waals surface area contributed by atoms with Gasteiger partial charge in [-0.25, -0.2) is 0 Å². The lowest BCUT2D eigenvalue weighted by atomic mass is 9.88. The van der Waals surface area contributed by atoms with E-state index in [1.54, 1.807) is 0 Å². The van der Waals surface area contributed by atoms with E-state index in [1.807, 2.05) is 30.1 Å². The minimum atomic E-state index is -0.395. The monoisotopic (exact) mass is 435 g/mol. The maximum Gasteiger partial charge on any atom is 0.253 e. The van der Waals surface area contributed by atoms with E-state index >= 15 is 0 Å². The first-order chi connectivity index (χ1) is 15.3. The zero-order chi connectivity index (χ0) is 22.7. The van der Waals surface area contributed by atoms with Gasteiger partial charge in [-0.1, -0.05) is 59.7 Å². The molecule has 5 heteroatoms. The number of rotatable bonds is 5. The Kier molecular flexibility index (Phi) is 6.99. The molecular weight excluding hydrogens is 398 g/mol. The largest absolute Gasteiger partial charge is 0.359 e. The smallest absolute Gasteiger partial charge is 0.253 e. The van der Waals surface area contributed by atoms with Crippen LogP contribution in [-0.2, 0) is 22.6 Å². The maximum atomic E-state index is 13.2. The number of likely N-dealkylation sites (N-methyl/N-ethyl adjacent to an activating group) is 2. The van der Waals surface area contributed by atoms with E-state index < -0.39 is 6.10 Å². The second-order valence-electron chi connectivity index (χ2n) is 9.94. The van der Waals surface area contributed by atoms with Gasteiger partial charge in [-0.15, -0.1) is 0 Å². The van der Waals surface area contributed by atoms with Crippen LogP contribution in [0.25, 0.3) is 0 Å². The Morgan fingerprint density at radius 2 is 1.72 bits per heavy atom. The SMILES string of the molecule is Cc1cc(C)cc(CN2CCC3(CC2)CN(C)C[C@@H](C(=O)N(C)Cc2ccccc2)O3)c1. The van der Waals surface area contributed by atoms with E-state index in [0.29, 0.717) is 13.1 Å². The van der Waals surface area contributed by atoms with E-state index in [9.17, 15) is 4.79 Å². The summed E-state index contributed by atoms with van der Waals surface area (Å²) < 4.78 is 6.58. The fourth-order valence-electron chi connectivity index (χ4n) is 5.34. The standard InChI is InChI=1S/C27H37N3O2/c1-21-14-22(2)16-24(15-21)18-30-12-10-27(11-13-30)20-28(3)19-25(32-27)26(31)29(4)17-23-8-6-5-7-9-23/h5-9,14-16,25H,10-13,17-20H2,1-4H3/t25-/m0/s1. The van der Waals surface area contributed by atoms with Crippen molar-refractivity contribution in [2.75, 3.05) is 40.3 Å². The second kappa shape index (κ2) is 9.74. The van der Waals surface area contributed by atoms with Crippen LogP contribution in [0.2, 0.25) is 0 Å². The molecule has 172 valence electrons. The zero-order valence-electron chi connectivity index (χ0n) is 20.0. The first kappa shape index (κ1) is 23.0. The van der Waals surface area contributed by atoms with Crippen LogP contribution < -0.4 is 0 Å². The third kappa shape index (κ3) is 5.58. The highest BCUT2D eigenvalue weighted by atomic mass is 16.5. The number of hydrogen-bond acceptors (Lipinski definition) is 4. The van der Waals surface area contributed by atoms with Crippen molar-refractivity contribution in [1.29, 1.82) is 0 Å². The van der Waals surface area contributed by atoms with Gasteiger partial charge in [-0.3, -0.25) is 9.69 Å². The molecule has 2 saturated heterocycles. The fraction of sp³-hybridized carbons (Fsp3) is 0.519. The number of nitrogens with zero attached hydrogens (tertiary/aromatic N) is 3. The van der Waals surface area contributed by atoms with Gasteiger partial charge < -0.3 is 14.5 Å². The Labute approximate surface area is 193 Å². The first-order valence-electron chi connectivity index (χ1n) is 11.8. The predicted octanol–water partition coefficient (Wildman–Crippen LogP) is 3.63. The summed E-state index contributed by atoms with van der Waals surface area (Å²) in [5.74, 6) is 0.0810. The molecule has 1 atom stereocenters. The quantitative estimate of drug-likeness (QED) is 0.719. The Morgan fingerprint density at radius 1 is 1.06 bits per heavy atom. The third-order valence-corrected chi connectivity index (χ3v) is 6.80. The molecule has 2 fully saturated rings. The van der Waals surface area contributed by atoms with Crippen molar-refractivity contribution < 1.29 is 9.53 Å². The summed E-state index contributed by atoms with van der Waals surface area (Å²) in [6.45, 7) is 9.49. The number of aryl methyl sites for hydroxylation is 2. The van der Waals surface area contributed by atoms with Gasteiger partial charge in [0, 0.05) is 46.3 Å². The van der Waals surface area contributed by atoms with Gasteiger partial charge in [0.05, 0.1) is 5.60 Å². The number of amides is 1. The average molecular weight is 436 g/mol. The number of ether oxygens (including phenoxy) is 1. The molecule has 0 aliphatic carbocycles. The number of carbonyl (C=O) groups is 1. The van der Waals surface area contributed by atoms with Gasteiger partial charge in [-0.2, -0.15) is 0 Å². The van der Waals surface area contributed by atoms with Crippen molar-refractivity contribution in [3.63, 3.8) is 0 Å². The lowest BCUT2D eigenvalue weighted by Crippen LogP contribution is -2.61. The number of likely N-dealkylation sites (tertiary alicyclic amines) is 1. The molecule has 0 bridgehead atoms. The summed E-state index contributed by atoms with van der Waals surface area (Å²) >= 11 is 0. The van der Waals surface area contributed by atoms with E-state index in [0.717, 1.165) is 44.6 Å². The van der Waals surface area contributed by atoms with Crippen LogP contribution in [0.3, 0.4) is 0 Å². The highest BCUT2D eigenvalue weighted by molar-refractivity contribution is 5.81. The molecule has 32 heavy (non-hydrogen) atoms. The zero-order valence-corrected chi connectivity index (χ0v) is 20.0. The number of benzene rings is 2. The summed E-state index contributed by atoms with van der Waals surface area (Å²) in [7, 11) is 4.00. The molecule has 2 aromatic rings. The van der Waals surface area contributed by atoms with Gasteiger partial charge in [0.15, 0.2) is 0 Å². The molecule has 0 radical (unpaired) electrons. The third-order valence-electron chi connectivity index (χ3n) is 6.80. The highest BCUT2D eigenvalue weighted by Crippen LogP contribution is 2.33. The molecule has 2 aromatic carbocycles. The van der Waals surface area contributed by atoms with Gasteiger partial charge in [0.1, 0.15) is 6.10 Å². The second-order valence-corrected chi connectivity index (χ2v) is 9.94. The first-order valence-corrected chi connectivity index (χ1v) is 11.8. The van der Waals surface area contributed by atoms with E-state index in [1.165, 1.54) is 16.7 Å². The Hall–Kier alpha value is -2.21. The lowest BCUT2D eigenvalue weighted by Gasteiger charge is -2.49. The topological polar surface area (TPSA) is 36.0 Å². The summed E-state index contributed by atoms with van der Waals surface area (Å²) in [6, 6.07) is 17.0. The van der Waals surface area contributed by atoms with Crippen LogP contribution in [0.15, 0.2) is 48.5 Å². The van der Waals surface area contributed by atoms with Gasteiger partial charge in [-0.05, 0) is 44.9 Å². The van der Waals surface area contributed by atoms with Gasteiger partial charge in [0.25, 0.3) is 5.91 Å². The van der Waals surface area contributed by atoms with Crippen molar-refractivity contribution in [3.05, 3.63) is 70.8 Å². The van der Waals surface area contributed by atoms with Crippen LogP contribution in [0.5, 0.6) is 0 Å². The minimum absolute atomic E-state index is 0.0810. The van der Waals surface area contributed by atoms with Crippen molar-refractivity contribution in [2.45, 2.75) is 51.5 Å². The van der Waals surface area contributed by atoms with E-state index in [-0.39, 0.29) is 11.5 Å².